The molecular weight excluding hydrogens is 355 g/mol. The Kier molecular flexibility index (Phi) is 5.08. The summed E-state index contributed by atoms with van der Waals surface area (Å²) in [6.45, 7) is 3.98. The highest BCUT2D eigenvalue weighted by atomic mass is 19.4. The Morgan fingerprint density at radius 1 is 1.04 bits per heavy atom. The fourth-order valence-electron chi connectivity index (χ4n) is 3.02. The van der Waals surface area contributed by atoms with E-state index >= 15 is 0 Å². The van der Waals surface area contributed by atoms with Gasteiger partial charge in [0.05, 0.1) is 0 Å². The van der Waals surface area contributed by atoms with E-state index in [0.717, 1.165) is 12.1 Å². The third kappa shape index (κ3) is 4.27. The van der Waals surface area contributed by atoms with Crippen LogP contribution < -0.4 is 4.90 Å². The van der Waals surface area contributed by atoms with Crippen LogP contribution in [0.25, 0.3) is 0 Å². The molecule has 26 heavy (non-hydrogen) atoms. The Morgan fingerprint density at radius 3 is 2.27 bits per heavy atom. The highest BCUT2D eigenvalue weighted by Crippen LogP contribution is 2.28. The maximum absolute atomic E-state index is 13.3. The average Bonchev–Trinajstić information content (AvgIpc) is 2.55. The van der Waals surface area contributed by atoms with Gasteiger partial charge in [-0.3, -0.25) is 4.90 Å². The number of anilines is 1. The number of piperazine rings is 1. The minimum atomic E-state index is -4.52. The molecule has 0 radical (unpaired) electrons. The number of aromatic nitrogens is 2. The standard InChI is InChI=1S/C17H17F5N4/c1-11-9-26(16-3-2-15(23-24-16)17(20,21)22)5-4-25(11)10-12-6-13(18)8-14(19)7-12/h2-3,6-8,11H,4-5,9-10H2,1H3. The van der Waals surface area contributed by atoms with E-state index in [9.17, 15) is 22.0 Å². The largest absolute Gasteiger partial charge is 0.435 e. The van der Waals surface area contributed by atoms with E-state index in [1.807, 2.05) is 11.8 Å². The van der Waals surface area contributed by atoms with Crippen molar-refractivity contribution in [2.24, 2.45) is 0 Å². The zero-order valence-electron chi connectivity index (χ0n) is 14.0. The molecule has 1 aromatic heterocycles. The lowest BCUT2D eigenvalue weighted by molar-refractivity contribution is -0.141. The summed E-state index contributed by atoms with van der Waals surface area (Å²) in [6, 6.07) is 5.66. The van der Waals surface area contributed by atoms with Crippen LogP contribution in [0.3, 0.4) is 0 Å². The first-order valence-corrected chi connectivity index (χ1v) is 8.07. The molecule has 1 atom stereocenters. The van der Waals surface area contributed by atoms with Gasteiger partial charge >= 0.3 is 6.18 Å². The molecule has 3 rings (SSSR count). The fourth-order valence-corrected chi connectivity index (χ4v) is 3.02. The summed E-state index contributed by atoms with van der Waals surface area (Å²) < 4.78 is 64.3. The molecule has 1 unspecified atom stereocenters. The maximum atomic E-state index is 13.3. The summed E-state index contributed by atoms with van der Waals surface area (Å²) in [5, 5.41) is 6.92. The number of hydrogen-bond donors (Lipinski definition) is 0. The van der Waals surface area contributed by atoms with Crippen LogP contribution in [0.15, 0.2) is 30.3 Å². The first-order valence-electron chi connectivity index (χ1n) is 8.07. The predicted molar refractivity (Wildman–Crippen MR) is 85.5 cm³/mol. The number of halogens is 5. The third-order valence-corrected chi connectivity index (χ3v) is 4.34. The van der Waals surface area contributed by atoms with E-state index in [0.29, 0.717) is 37.6 Å². The van der Waals surface area contributed by atoms with Gasteiger partial charge in [0, 0.05) is 38.3 Å². The van der Waals surface area contributed by atoms with E-state index in [2.05, 4.69) is 15.1 Å². The maximum Gasteiger partial charge on any atom is 0.435 e. The molecule has 2 aromatic rings. The molecule has 1 aromatic carbocycles. The van der Waals surface area contributed by atoms with E-state index in [1.165, 1.54) is 18.2 Å². The Morgan fingerprint density at radius 2 is 1.73 bits per heavy atom. The number of alkyl halides is 3. The lowest BCUT2D eigenvalue weighted by Crippen LogP contribution is -2.51. The minimum Gasteiger partial charge on any atom is -0.352 e. The summed E-state index contributed by atoms with van der Waals surface area (Å²) in [7, 11) is 0. The van der Waals surface area contributed by atoms with Crippen molar-refractivity contribution in [3.05, 3.63) is 53.2 Å². The molecule has 2 heterocycles. The Balaban J connectivity index is 1.64. The van der Waals surface area contributed by atoms with Gasteiger partial charge < -0.3 is 4.90 Å². The summed E-state index contributed by atoms with van der Waals surface area (Å²) in [5.74, 6) is -0.862. The van der Waals surface area contributed by atoms with Gasteiger partial charge in [0.1, 0.15) is 11.6 Å². The smallest absolute Gasteiger partial charge is 0.352 e. The van der Waals surface area contributed by atoms with E-state index in [-0.39, 0.29) is 6.04 Å². The zero-order chi connectivity index (χ0) is 18.9. The van der Waals surface area contributed by atoms with Crippen LogP contribution in [0, 0.1) is 11.6 Å². The van der Waals surface area contributed by atoms with Gasteiger partial charge in [-0.05, 0) is 36.8 Å². The van der Waals surface area contributed by atoms with Gasteiger partial charge in [0.2, 0.25) is 0 Å². The second kappa shape index (κ2) is 7.14. The molecule has 0 saturated carbocycles. The lowest BCUT2D eigenvalue weighted by atomic mass is 10.1. The molecule has 1 fully saturated rings. The van der Waals surface area contributed by atoms with Gasteiger partial charge in [-0.25, -0.2) is 8.78 Å². The van der Waals surface area contributed by atoms with Crippen molar-refractivity contribution >= 4 is 5.82 Å². The van der Waals surface area contributed by atoms with Crippen LogP contribution in [0.4, 0.5) is 27.8 Å². The molecule has 0 N–H and O–H groups in total. The van der Waals surface area contributed by atoms with E-state index < -0.39 is 23.5 Å². The number of hydrogen-bond acceptors (Lipinski definition) is 4. The third-order valence-electron chi connectivity index (χ3n) is 4.34. The van der Waals surface area contributed by atoms with Gasteiger partial charge in [-0.2, -0.15) is 13.2 Å². The van der Waals surface area contributed by atoms with Crippen molar-refractivity contribution in [3.63, 3.8) is 0 Å². The lowest BCUT2D eigenvalue weighted by Gasteiger charge is -2.40. The molecule has 1 aliphatic heterocycles. The number of nitrogens with zero attached hydrogens (tertiary/aromatic N) is 4. The zero-order valence-corrected chi connectivity index (χ0v) is 14.0. The highest BCUT2D eigenvalue weighted by molar-refractivity contribution is 5.38. The molecule has 1 saturated heterocycles. The van der Waals surface area contributed by atoms with Gasteiger partial charge in [-0.1, -0.05) is 0 Å². The molecule has 0 bridgehead atoms. The minimum absolute atomic E-state index is 0.0270. The second-order valence-corrected chi connectivity index (χ2v) is 6.32. The van der Waals surface area contributed by atoms with Crippen molar-refractivity contribution in [1.29, 1.82) is 0 Å². The SMILES string of the molecule is CC1CN(c2ccc(C(F)(F)F)nn2)CCN1Cc1cc(F)cc(F)c1. The van der Waals surface area contributed by atoms with Gasteiger partial charge in [0.15, 0.2) is 11.5 Å². The molecule has 0 amide bonds. The Labute approximate surface area is 147 Å². The quantitative estimate of drug-likeness (QED) is 0.773. The molecule has 1 aliphatic rings. The molecular formula is C17H17F5N4. The van der Waals surface area contributed by atoms with Crippen LogP contribution in [0.2, 0.25) is 0 Å². The monoisotopic (exact) mass is 372 g/mol. The fraction of sp³-hybridized carbons (Fsp3) is 0.412. The van der Waals surface area contributed by atoms with Crippen LogP contribution in [0.5, 0.6) is 0 Å². The molecule has 0 spiro atoms. The Hall–Kier alpha value is -2.29. The van der Waals surface area contributed by atoms with E-state index in [4.69, 9.17) is 0 Å². The van der Waals surface area contributed by atoms with Gasteiger partial charge in [0.25, 0.3) is 0 Å². The van der Waals surface area contributed by atoms with Crippen LogP contribution in [-0.4, -0.2) is 40.8 Å². The van der Waals surface area contributed by atoms with Crippen molar-refractivity contribution in [1.82, 2.24) is 15.1 Å². The number of rotatable bonds is 3. The summed E-state index contributed by atoms with van der Waals surface area (Å²) in [6.07, 6.45) is -4.52. The first-order chi connectivity index (χ1) is 12.2. The van der Waals surface area contributed by atoms with Crippen molar-refractivity contribution < 1.29 is 22.0 Å². The van der Waals surface area contributed by atoms with Crippen molar-refractivity contribution in [2.75, 3.05) is 24.5 Å². The van der Waals surface area contributed by atoms with Crippen LogP contribution in [0.1, 0.15) is 18.2 Å². The van der Waals surface area contributed by atoms with Gasteiger partial charge in [-0.15, -0.1) is 10.2 Å². The Bertz CT molecular complexity index is 742. The summed E-state index contributed by atoms with van der Waals surface area (Å²) in [4.78, 5) is 3.91. The normalized spacial score (nSPS) is 19.0. The summed E-state index contributed by atoms with van der Waals surface area (Å²) in [5.41, 5.74) is -0.488. The van der Waals surface area contributed by atoms with Crippen LogP contribution >= 0.6 is 0 Å². The molecule has 140 valence electrons. The summed E-state index contributed by atoms with van der Waals surface area (Å²) >= 11 is 0. The van der Waals surface area contributed by atoms with Crippen LogP contribution in [-0.2, 0) is 12.7 Å². The van der Waals surface area contributed by atoms with E-state index in [1.54, 1.807) is 0 Å². The molecule has 9 heteroatoms. The first kappa shape index (κ1) is 18.5. The topological polar surface area (TPSA) is 32.3 Å². The highest BCUT2D eigenvalue weighted by Gasteiger charge is 2.33. The predicted octanol–water partition coefficient (Wildman–Crippen LogP) is 3.48. The molecule has 4 nitrogen and oxygen atoms in total. The second-order valence-electron chi connectivity index (χ2n) is 6.32. The van der Waals surface area contributed by atoms with Crippen molar-refractivity contribution in [3.8, 4) is 0 Å². The average molecular weight is 372 g/mol. The van der Waals surface area contributed by atoms with Crippen molar-refractivity contribution in [2.45, 2.75) is 25.7 Å². The molecule has 0 aliphatic carbocycles. The number of benzene rings is 1.